The summed E-state index contributed by atoms with van der Waals surface area (Å²) in [5.41, 5.74) is 16.2. The fourth-order valence-corrected chi connectivity index (χ4v) is 9.83. The van der Waals surface area contributed by atoms with Gasteiger partial charge in [-0.15, -0.1) is 11.3 Å². The van der Waals surface area contributed by atoms with E-state index >= 15 is 0 Å². The molecule has 0 atom stereocenters. The molecule has 9 aromatic rings. The highest BCUT2D eigenvalue weighted by atomic mass is 32.1. The second-order valence-corrected chi connectivity index (χ2v) is 15.5. The fourth-order valence-electron chi connectivity index (χ4n) is 8.59. The molecule has 1 aromatic heterocycles. The molecule has 10 rings (SSSR count). The molecular formula is C51H37NS. The van der Waals surface area contributed by atoms with Crippen LogP contribution in [-0.4, -0.2) is 0 Å². The first-order chi connectivity index (χ1) is 26.1. The molecule has 8 aromatic carbocycles. The molecule has 1 aliphatic carbocycles. The van der Waals surface area contributed by atoms with E-state index in [1.807, 2.05) is 11.3 Å². The molecule has 1 heterocycles. The van der Waals surface area contributed by atoms with Gasteiger partial charge in [0.05, 0.1) is 10.4 Å². The van der Waals surface area contributed by atoms with Crippen molar-refractivity contribution in [3.05, 3.63) is 199 Å². The molecule has 0 unspecified atom stereocenters. The number of hydrogen-bond acceptors (Lipinski definition) is 2. The van der Waals surface area contributed by atoms with Gasteiger partial charge < -0.3 is 4.90 Å². The minimum absolute atomic E-state index is 0.0690. The van der Waals surface area contributed by atoms with E-state index in [1.54, 1.807) is 0 Å². The van der Waals surface area contributed by atoms with E-state index in [4.69, 9.17) is 0 Å². The van der Waals surface area contributed by atoms with Gasteiger partial charge in [0.15, 0.2) is 0 Å². The van der Waals surface area contributed by atoms with Gasteiger partial charge in [0.1, 0.15) is 0 Å². The van der Waals surface area contributed by atoms with Crippen molar-refractivity contribution in [1.29, 1.82) is 0 Å². The highest BCUT2D eigenvalue weighted by Crippen LogP contribution is 2.54. The summed E-state index contributed by atoms with van der Waals surface area (Å²) in [7, 11) is 0. The third kappa shape index (κ3) is 5.05. The van der Waals surface area contributed by atoms with Crippen molar-refractivity contribution in [1.82, 2.24) is 0 Å². The van der Waals surface area contributed by atoms with Crippen LogP contribution in [0.5, 0.6) is 0 Å². The predicted octanol–water partition coefficient (Wildman–Crippen LogP) is 14.8. The Kier molecular flexibility index (Phi) is 7.42. The second kappa shape index (κ2) is 12.5. The quantitative estimate of drug-likeness (QED) is 0.167. The molecule has 1 nitrogen and oxygen atoms in total. The maximum Gasteiger partial charge on any atom is 0.0640 e. The Morgan fingerprint density at radius 3 is 1.81 bits per heavy atom. The van der Waals surface area contributed by atoms with E-state index < -0.39 is 0 Å². The summed E-state index contributed by atoms with van der Waals surface area (Å²) < 4.78 is 2.57. The molecule has 0 fully saturated rings. The molecule has 252 valence electrons. The van der Waals surface area contributed by atoms with Crippen LogP contribution in [0.3, 0.4) is 0 Å². The molecule has 0 spiro atoms. The molecule has 0 amide bonds. The number of rotatable bonds is 6. The van der Waals surface area contributed by atoms with Crippen LogP contribution in [0.2, 0.25) is 0 Å². The largest absolute Gasteiger partial charge is 0.309 e. The Morgan fingerprint density at radius 2 is 1.04 bits per heavy atom. The van der Waals surface area contributed by atoms with Crippen LogP contribution in [0, 0.1) is 0 Å². The zero-order valence-corrected chi connectivity index (χ0v) is 30.6. The molecule has 0 N–H and O–H groups in total. The highest BCUT2D eigenvalue weighted by molar-refractivity contribution is 7.26. The maximum atomic E-state index is 2.45. The second-order valence-electron chi connectivity index (χ2n) is 14.5. The lowest BCUT2D eigenvalue weighted by atomic mass is 9.81. The Bertz CT molecular complexity index is 2800. The van der Waals surface area contributed by atoms with Crippen molar-refractivity contribution in [2.45, 2.75) is 19.3 Å². The van der Waals surface area contributed by atoms with E-state index in [1.165, 1.54) is 81.5 Å². The van der Waals surface area contributed by atoms with Crippen LogP contribution in [0.1, 0.15) is 25.0 Å². The van der Waals surface area contributed by atoms with Crippen molar-refractivity contribution < 1.29 is 0 Å². The van der Waals surface area contributed by atoms with E-state index in [0.29, 0.717) is 0 Å². The standard InChI is InChI=1S/C51H37NS/c1-51(2)44-26-14-12-23-41(44)48-40(25-16-27-45(48)51)39-30-29-37(33-43(39)35-19-8-4-9-20-35)52(36-21-10-5-11-22-36)46-32-31-38(34-17-6-3-7-18-34)49-42-24-13-15-28-47(42)53-50(46)49/h3-33H,1-2H3. The Hall–Kier alpha value is -6.22. The number of nitrogens with zero attached hydrogens (tertiary/aromatic N) is 1. The van der Waals surface area contributed by atoms with Gasteiger partial charge in [0, 0.05) is 32.3 Å². The number of hydrogen-bond donors (Lipinski definition) is 0. The smallest absolute Gasteiger partial charge is 0.0640 e. The van der Waals surface area contributed by atoms with Gasteiger partial charge in [-0.3, -0.25) is 0 Å². The molecule has 0 saturated carbocycles. The maximum absolute atomic E-state index is 2.45. The predicted molar refractivity (Wildman–Crippen MR) is 228 cm³/mol. The molecule has 0 bridgehead atoms. The number of para-hydroxylation sites is 1. The summed E-state index contributed by atoms with van der Waals surface area (Å²) in [6.45, 7) is 4.72. The van der Waals surface area contributed by atoms with Crippen molar-refractivity contribution >= 4 is 48.6 Å². The summed E-state index contributed by atoms with van der Waals surface area (Å²) in [5, 5.41) is 2.60. The first-order valence-corrected chi connectivity index (χ1v) is 19.2. The lowest BCUT2D eigenvalue weighted by Gasteiger charge is -2.28. The fraction of sp³-hybridized carbons (Fsp3) is 0.0588. The molecule has 0 saturated heterocycles. The van der Waals surface area contributed by atoms with E-state index in [2.05, 4.69) is 207 Å². The van der Waals surface area contributed by atoms with Crippen LogP contribution >= 0.6 is 11.3 Å². The Balaban J connectivity index is 1.24. The molecule has 1 aliphatic rings. The van der Waals surface area contributed by atoms with Crippen LogP contribution in [0.25, 0.3) is 64.7 Å². The van der Waals surface area contributed by atoms with Crippen LogP contribution < -0.4 is 4.90 Å². The highest BCUT2D eigenvalue weighted by Gasteiger charge is 2.37. The number of benzene rings is 8. The van der Waals surface area contributed by atoms with Gasteiger partial charge in [0.25, 0.3) is 0 Å². The van der Waals surface area contributed by atoms with Crippen molar-refractivity contribution in [2.24, 2.45) is 0 Å². The zero-order chi connectivity index (χ0) is 35.5. The number of thiophene rings is 1. The van der Waals surface area contributed by atoms with Crippen LogP contribution in [0.15, 0.2) is 188 Å². The normalized spacial score (nSPS) is 12.9. The minimum Gasteiger partial charge on any atom is -0.309 e. The van der Waals surface area contributed by atoms with Crippen LogP contribution in [0.4, 0.5) is 17.1 Å². The lowest BCUT2D eigenvalue weighted by molar-refractivity contribution is 0.660. The molecular weight excluding hydrogens is 659 g/mol. The van der Waals surface area contributed by atoms with E-state index in [-0.39, 0.29) is 5.41 Å². The first-order valence-electron chi connectivity index (χ1n) is 18.4. The summed E-state index contributed by atoms with van der Waals surface area (Å²) in [4.78, 5) is 2.45. The van der Waals surface area contributed by atoms with E-state index in [9.17, 15) is 0 Å². The van der Waals surface area contributed by atoms with Gasteiger partial charge >= 0.3 is 0 Å². The van der Waals surface area contributed by atoms with Crippen molar-refractivity contribution in [3.63, 3.8) is 0 Å². The molecule has 0 aliphatic heterocycles. The molecule has 53 heavy (non-hydrogen) atoms. The van der Waals surface area contributed by atoms with Crippen molar-refractivity contribution in [2.75, 3.05) is 4.90 Å². The average Bonchev–Trinajstić information content (AvgIpc) is 3.72. The van der Waals surface area contributed by atoms with Crippen LogP contribution in [-0.2, 0) is 5.41 Å². The SMILES string of the molecule is CC1(C)c2ccccc2-c2c(-c3ccc(N(c4ccccc4)c4ccc(-c5ccccc5)c5c4sc4ccccc45)cc3-c3ccccc3)cccc21. The summed E-state index contributed by atoms with van der Waals surface area (Å²) in [6.07, 6.45) is 0. The van der Waals surface area contributed by atoms with Gasteiger partial charge in [0.2, 0.25) is 0 Å². The third-order valence-electron chi connectivity index (χ3n) is 11.1. The molecule has 2 heteroatoms. The summed E-state index contributed by atoms with van der Waals surface area (Å²) >= 11 is 1.88. The summed E-state index contributed by atoms with van der Waals surface area (Å²) in [5.74, 6) is 0. The van der Waals surface area contributed by atoms with Gasteiger partial charge in [-0.1, -0.05) is 166 Å². The third-order valence-corrected chi connectivity index (χ3v) is 12.3. The molecule has 0 radical (unpaired) electrons. The number of anilines is 3. The zero-order valence-electron chi connectivity index (χ0n) is 29.8. The lowest BCUT2D eigenvalue weighted by Crippen LogP contribution is -2.14. The van der Waals surface area contributed by atoms with Gasteiger partial charge in [-0.25, -0.2) is 0 Å². The van der Waals surface area contributed by atoms with Gasteiger partial charge in [-0.05, 0) is 92.0 Å². The van der Waals surface area contributed by atoms with E-state index in [0.717, 1.165) is 11.4 Å². The van der Waals surface area contributed by atoms with Crippen molar-refractivity contribution in [3.8, 4) is 44.5 Å². The minimum atomic E-state index is -0.0690. The summed E-state index contributed by atoms with van der Waals surface area (Å²) in [6, 6.07) is 69.0. The van der Waals surface area contributed by atoms with Gasteiger partial charge in [-0.2, -0.15) is 0 Å². The monoisotopic (exact) mass is 695 g/mol. The topological polar surface area (TPSA) is 3.24 Å². The average molecular weight is 696 g/mol. The number of fused-ring (bicyclic) bond motifs is 6. The Labute approximate surface area is 315 Å². The first kappa shape index (κ1) is 31.5. The Morgan fingerprint density at radius 1 is 0.434 bits per heavy atom.